The number of hydrogen-bond donors (Lipinski definition) is 2. The van der Waals surface area contributed by atoms with E-state index in [1.165, 1.54) is 4.88 Å². The maximum Gasteiger partial charge on any atom is 0.268 e. The van der Waals surface area contributed by atoms with E-state index in [0.717, 1.165) is 6.42 Å². The maximum atomic E-state index is 11.4. The van der Waals surface area contributed by atoms with E-state index in [1.807, 2.05) is 11.4 Å². The monoisotopic (exact) mass is 280 g/mol. The smallest absolute Gasteiger partial charge is 0.268 e. The number of ether oxygens (including phenoxy) is 1. The van der Waals surface area contributed by atoms with Crippen molar-refractivity contribution in [3.05, 3.63) is 45.5 Å². The zero-order valence-electron chi connectivity index (χ0n) is 10.6. The highest BCUT2D eigenvalue weighted by Crippen LogP contribution is 2.15. The summed E-state index contributed by atoms with van der Waals surface area (Å²) < 4.78 is 11.0. The zero-order chi connectivity index (χ0) is 13.7. The van der Waals surface area contributed by atoms with E-state index in [2.05, 4.69) is 11.5 Å². The van der Waals surface area contributed by atoms with Crippen molar-refractivity contribution in [3.63, 3.8) is 0 Å². The Morgan fingerprint density at radius 1 is 1.58 bits per heavy atom. The van der Waals surface area contributed by atoms with Gasteiger partial charge in [-0.1, -0.05) is 6.07 Å². The maximum absolute atomic E-state index is 11.4. The van der Waals surface area contributed by atoms with Crippen molar-refractivity contribution >= 4 is 17.2 Å². The molecule has 5 nitrogen and oxygen atoms in total. The number of furan rings is 1. The van der Waals surface area contributed by atoms with Crippen LogP contribution < -0.4 is 11.3 Å². The SMILES string of the molecule is Cc1oc(COCCc2cccs2)cc1C(=O)NN. The van der Waals surface area contributed by atoms with Crippen LogP contribution in [-0.2, 0) is 17.8 Å². The minimum Gasteiger partial charge on any atom is -0.463 e. The molecule has 19 heavy (non-hydrogen) atoms. The molecule has 0 bridgehead atoms. The van der Waals surface area contributed by atoms with Crippen molar-refractivity contribution < 1.29 is 13.9 Å². The van der Waals surface area contributed by atoms with Gasteiger partial charge in [-0.3, -0.25) is 10.2 Å². The van der Waals surface area contributed by atoms with Crippen LogP contribution in [0.2, 0.25) is 0 Å². The number of carbonyl (C=O) groups is 1. The lowest BCUT2D eigenvalue weighted by atomic mass is 10.2. The number of aryl methyl sites for hydroxylation is 1. The number of hydrogen-bond acceptors (Lipinski definition) is 5. The van der Waals surface area contributed by atoms with Gasteiger partial charge in [-0.05, 0) is 24.4 Å². The van der Waals surface area contributed by atoms with Gasteiger partial charge in [-0.15, -0.1) is 11.3 Å². The lowest BCUT2D eigenvalue weighted by molar-refractivity contribution is 0.0952. The third-order valence-electron chi connectivity index (χ3n) is 2.66. The summed E-state index contributed by atoms with van der Waals surface area (Å²) in [6.07, 6.45) is 0.882. The summed E-state index contributed by atoms with van der Waals surface area (Å²) >= 11 is 1.71. The van der Waals surface area contributed by atoms with Crippen molar-refractivity contribution in [3.8, 4) is 0 Å². The van der Waals surface area contributed by atoms with Crippen molar-refractivity contribution in [2.45, 2.75) is 20.0 Å². The zero-order valence-corrected chi connectivity index (χ0v) is 11.5. The van der Waals surface area contributed by atoms with E-state index in [4.69, 9.17) is 15.0 Å². The predicted octanol–water partition coefficient (Wildman–Crippen LogP) is 2.01. The molecule has 0 atom stereocenters. The summed E-state index contributed by atoms with van der Waals surface area (Å²) in [5, 5.41) is 2.04. The van der Waals surface area contributed by atoms with Crippen LogP contribution in [0.4, 0.5) is 0 Å². The van der Waals surface area contributed by atoms with Crippen LogP contribution >= 0.6 is 11.3 Å². The third-order valence-corrected chi connectivity index (χ3v) is 3.60. The second kappa shape index (κ2) is 6.51. The minimum absolute atomic E-state index is 0.351. The first kappa shape index (κ1) is 13.8. The summed E-state index contributed by atoms with van der Waals surface area (Å²) in [5.41, 5.74) is 2.53. The van der Waals surface area contributed by atoms with Crippen molar-refractivity contribution in [1.29, 1.82) is 0 Å². The Balaban J connectivity index is 1.81. The van der Waals surface area contributed by atoms with Crippen LogP contribution in [0.3, 0.4) is 0 Å². The first-order chi connectivity index (χ1) is 9.20. The lowest BCUT2D eigenvalue weighted by Crippen LogP contribution is -2.30. The molecule has 0 saturated heterocycles. The average Bonchev–Trinajstić information content (AvgIpc) is 3.03. The normalized spacial score (nSPS) is 10.6. The molecule has 2 rings (SSSR count). The van der Waals surface area contributed by atoms with Gasteiger partial charge in [-0.25, -0.2) is 5.84 Å². The van der Waals surface area contributed by atoms with Gasteiger partial charge in [0.1, 0.15) is 18.1 Å². The van der Waals surface area contributed by atoms with Crippen LogP contribution in [-0.4, -0.2) is 12.5 Å². The Kier molecular flexibility index (Phi) is 4.73. The largest absolute Gasteiger partial charge is 0.463 e. The topological polar surface area (TPSA) is 77.5 Å². The standard InChI is InChI=1S/C13H16N2O3S/c1-9-12(13(16)15-14)7-10(18-9)8-17-5-4-11-3-2-6-19-11/h2-3,6-7H,4-5,8,14H2,1H3,(H,15,16). The molecule has 0 saturated carbocycles. The molecule has 0 aliphatic carbocycles. The Morgan fingerprint density at radius 2 is 2.42 bits per heavy atom. The molecule has 0 spiro atoms. The lowest BCUT2D eigenvalue weighted by Gasteiger charge is -2.00. The van der Waals surface area contributed by atoms with Crippen LogP contribution in [0, 0.1) is 6.92 Å². The van der Waals surface area contributed by atoms with Crippen LogP contribution in [0.25, 0.3) is 0 Å². The Hall–Kier alpha value is -1.63. The molecule has 2 aromatic rings. The van der Waals surface area contributed by atoms with Gasteiger partial charge >= 0.3 is 0 Å². The van der Waals surface area contributed by atoms with Crippen molar-refractivity contribution in [2.75, 3.05) is 6.61 Å². The summed E-state index contributed by atoms with van der Waals surface area (Å²) in [5.74, 6) is 5.90. The highest BCUT2D eigenvalue weighted by Gasteiger charge is 2.13. The van der Waals surface area contributed by atoms with E-state index in [9.17, 15) is 4.79 Å². The number of carbonyl (C=O) groups excluding carboxylic acids is 1. The Labute approximate surface area is 115 Å². The summed E-state index contributed by atoms with van der Waals surface area (Å²) in [7, 11) is 0. The van der Waals surface area contributed by atoms with Gasteiger partial charge in [0.05, 0.1) is 12.2 Å². The molecule has 1 amide bonds. The molecule has 0 aliphatic heterocycles. The minimum atomic E-state index is -0.355. The van der Waals surface area contributed by atoms with Crippen LogP contribution in [0.5, 0.6) is 0 Å². The second-order valence-corrected chi connectivity index (χ2v) is 5.07. The van der Waals surface area contributed by atoms with Gasteiger partial charge in [0.2, 0.25) is 0 Å². The number of nitrogens with two attached hydrogens (primary N) is 1. The molecule has 0 unspecified atom stereocenters. The molecule has 102 valence electrons. The molecular weight excluding hydrogens is 264 g/mol. The second-order valence-electron chi connectivity index (χ2n) is 4.04. The van der Waals surface area contributed by atoms with E-state index in [-0.39, 0.29) is 5.91 Å². The predicted molar refractivity (Wildman–Crippen MR) is 72.8 cm³/mol. The molecule has 3 N–H and O–H groups in total. The number of amides is 1. The van der Waals surface area contributed by atoms with Crippen LogP contribution in [0.1, 0.15) is 26.8 Å². The molecule has 6 heteroatoms. The average molecular weight is 280 g/mol. The van der Waals surface area contributed by atoms with Crippen molar-refractivity contribution in [2.24, 2.45) is 5.84 Å². The fourth-order valence-electron chi connectivity index (χ4n) is 1.72. The molecular formula is C13H16N2O3S. The van der Waals surface area contributed by atoms with Gasteiger partial charge in [0, 0.05) is 11.3 Å². The fraction of sp³-hybridized carbons (Fsp3) is 0.308. The Bertz CT molecular complexity index is 534. The van der Waals surface area contributed by atoms with Gasteiger partial charge in [0.15, 0.2) is 0 Å². The van der Waals surface area contributed by atoms with E-state index in [0.29, 0.717) is 30.3 Å². The molecule has 0 radical (unpaired) electrons. The molecule has 2 heterocycles. The molecule has 0 aromatic carbocycles. The van der Waals surface area contributed by atoms with Crippen molar-refractivity contribution in [1.82, 2.24) is 5.43 Å². The van der Waals surface area contributed by atoms with E-state index in [1.54, 1.807) is 24.3 Å². The molecule has 2 aromatic heterocycles. The van der Waals surface area contributed by atoms with Gasteiger partial charge < -0.3 is 9.15 Å². The highest BCUT2D eigenvalue weighted by molar-refractivity contribution is 7.09. The first-order valence-electron chi connectivity index (χ1n) is 5.91. The molecule has 0 aliphatic rings. The quantitative estimate of drug-likeness (QED) is 0.367. The number of rotatable bonds is 6. The van der Waals surface area contributed by atoms with Crippen LogP contribution in [0.15, 0.2) is 28.0 Å². The fourth-order valence-corrected chi connectivity index (χ4v) is 2.41. The van der Waals surface area contributed by atoms with Gasteiger partial charge in [-0.2, -0.15) is 0 Å². The molecule has 0 fully saturated rings. The van der Waals surface area contributed by atoms with E-state index < -0.39 is 0 Å². The number of thiophene rings is 1. The number of nitrogen functional groups attached to an aromatic ring is 1. The summed E-state index contributed by atoms with van der Waals surface area (Å²) in [6, 6.07) is 5.75. The summed E-state index contributed by atoms with van der Waals surface area (Å²) in [6.45, 7) is 2.70. The Morgan fingerprint density at radius 3 is 3.11 bits per heavy atom. The van der Waals surface area contributed by atoms with Gasteiger partial charge in [0.25, 0.3) is 5.91 Å². The van der Waals surface area contributed by atoms with E-state index >= 15 is 0 Å². The highest BCUT2D eigenvalue weighted by atomic mass is 32.1. The first-order valence-corrected chi connectivity index (χ1v) is 6.79. The number of hydrazine groups is 1. The summed E-state index contributed by atoms with van der Waals surface area (Å²) in [4.78, 5) is 12.7. The third kappa shape index (κ3) is 3.66. The number of nitrogens with one attached hydrogen (secondary N) is 1.